The van der Waals surface area contributed by atoms with Gasteiger partial charge < -0.3 is 4.74 Å². The Kier molecular flexibility index (Phi) is 4.67. The van der Waals surface area contributed by atoms with Crippen LogP contribution in [-0.4, -0.2) is 12.1 Å². The summed E-state index contributed by atoms with van der Waals surface area (Å²) in [5, 5.41) is 1.05. The highest BCUT2D eigenvalue weighted by atomic mass is 79.9. The van der Waals surface area contributed by atoms with Gasteiger partial charge in [0.15, 0.2) is 0 Å². The standard InChI is InChI=1S/C16H20BrNOS/c1-10-13(11-6-8-12(17)9-7-11)18-15(20-10)14(19-5)16(2,3)4/h6-9,14H,1-5H3. The molecule has 0 aliphatic heterocycles. The lowest BCUT2D eigenvalue weighted by Gasteiger charge is -2.27. The minimum absolute atomic E-state index is 0.0235. The van der Waals surface area contributed by atoms with Crippen LogP contribution >= 0.6 is 27.3 Å². The summed E-state index contributed by atoms with van der Waals surface area (Å²) in [4.78, 5) is 6.06. The summed E-state index contributed by atoms with van der Waals surface area (Å²) in [5.41, 5.74) is 2.25. The van der Waals surface area contributed by atoms with Crippen LogP contribution in [0.15, 0.2) is 28.7 Å². The van der Waals surface area contributed by atoms with Crippen LogP contribution in [0.2, 0.25) is 0 Å². The number of methoxy groups -OCH3 is 1. The molecule has 1 atom stereocenters. The van der Waals surface area contributed by atoms with Gasteiger partial charge in [0.1, 0.15) is 11.1 Å². The summed E-state index contributed by atoms with van der Waals surface area (Å²) >= 11 is 5.19. The maximum absolute atomic E-state index is 5.66. The number of benzene rings is 1. The first-order chi connectivity index (χ1) is 9.32. The second kappa shape index (κ2) is 5.96. The van der Waals surface area contributed by atoms with E-state index in [0.29, 0.717) is 0 Å². The third-order valence-corrected chi connectivity index (χ3v) is 4.72. The highest BCUT2D eigenvalue weighted by Crippen LogP contribution is 2.40. The molecule has 1 aromatic heterocycles. The molecule has 0 saturated heterocycles. The number of aromatic nitrogens is 1. The zero-order chi connectivity index (χ0) is 14.9. The third-order valence-electron chi connectivity index (χ3n) is 3.18. The van der Waals surface area contributed by atoms with E-state index in [-0.39, 0.29) is 11.5 Å². The molecule has 0 amide bonds. The number of hydrogen-bond donors (Lipinski definition) is 0. The SMILES string of the molecule is COC(c1nc(-c2ccc(Br)cc2)c(C)s1)C(C)(C)C. The predicted octanol–water partition coefficient (Wildman–Crippen LogP) is 5.61. The maximum atomic E-state index is 5.66. The number of halogens is 1. The lowest BCUT2D eigenvalue weighted by Crippen LogP contribution is -2.19. The summed E-state index contributed by atoms with van der Waals surface area (Å²) in [6.45, 7) is 8.65. The van der Waals surface area contributed by atoms with Crippen LogP contribution < -0.4 is 0 Å². The van der Waals surface area contributed by atoms with Crippen molar-refractivity contribution >= 4 is 27.3 Å². The lowest BCUT2D eigenvalue weighted by molar-refractivity contribution is 0.0151. The lowest BCUT2D eigenvalue weighted by atomic mass is 9.89. The Hall–Kier alpha value is -0.710. The second-order valence-corrected chi connectivity index (χ2v) is 8.10. The molecule has 0 N–H and O–H groups in total. The van der Waals surface area contributed by atoms with Crippen molar-refractivity contribution in [1.29, 1.82) is 0 Å². The van der Waals surface area contributed by atoms with Gasteiger partial charge >= 0.3 is 0 Å². The van der Waals surface area contributed by atoms with E-state index in [0.717, 1.165) is 20.7 Å². The fourth-order valence-corrected chi connectivity index (χ4v) is 3.76. The molecular formula is C16H20BrNOS. The molecule has 1 aromatic carbocycles. The molecule has 0 saturated carbocycles. The zero-order valence-corrected chi connectivity index (χ0v) is 14.9. The van der Waals surface area contributed by atoms with Gasteiger partial charge in [-0.2, -0.15) is 0 Å². The van der Waals surface area contributed by atoms with Crippen LogP contribution in [0.1, 0.15) is 36.8 Å². The third kappa shape index (κ3) is 3.30. The molecule has 20 heavy (non-hydrogen) atoms. The van der Waals surface area contributed by atoms with Crippen molar-refractivity contribution < 1.29 is 4.74 Å². The molecule has 4 heteroatoms. The number of hydrogen-bond acceptors (Lipinski definition) is 3. The van der Waals surface area contributed by atoms with Gasteiger partial charge in [0.25, 0.3) is 0 Å². The van der Waals surface area contributed by atoms with Crippen molar-refractivity contribution in [2.24, 2.45) is 5.41 Å². The van der Waals surface area contributed by atoms with E-state index < -0.39 is 0 Å². The number of ether oxygens (including phenoxy) is 1. The second-order valence-electron chi connectivity index (χ2n) is 5.95. The van der Waals surface area contributed by atoms with Gasteiger partial charge in [-0.3, -0.25) is 0 Å². The topological polar surface area (TPSA) is 22.1 Å². The van der Waals surface area contributed by atoms with Crippen molar-refractivity contribution in [3.05, 3.63) is 38.6 Å². The van der Waals surface area contributed by atoms with Gasteiger partial charge in [-0.05, 0) is 24.5 Å². The maximum Gasteiger partial charge on any atom is 0.123 e. The normalized spacial score (nSPS) is 13.5. The molecule has 2 nitrogen and oxygen atoms in total. The quantitative estimate of drug-likeness (QED) is 0.714. The van der Waals surface area contributed by atoms with Gasteiger partial charge in [-0.1, -0.05) is 48.8 Å². The first-order valence-corrected chi connectivity index (χ1v) is 8.20. The van der Waals surface area contributed by atoms with Crippen molar-refractivity contribution in [3.8, 4) is 11.3 Å². The molecule has 2 aromatic rings. The van der Waals surface area contributed by atoms with E-state index in [9.17, 15) is 0 Å². The first-order valence-electron chi connectivity index (χ1n) is 6.59. The van der Waals surface area contributed by atoms with Crippen molar-refractivity contribution in [3.63, 3.8) is 0 Å². The van der Waals surface area contributed by atoms with Gasteiger partial charge in [0.05, 0.1) is 5.69 Å². The van der Waals surface area contributed by atoms with Gasteiger partial charge in [0.2, 0.25) is 0 Å². The molecule has 1 unspecified atom stereocenters. The fraction of sp³-hybridized carbons (Fsp3) is 0.438. The van der Waals surface area contributed by atoms with Gasteiger partial charge in [-0.15, -0.1) is 11.3 Å². The van der Waals surface area contributed by atoms with E-state index in [2.05, 4.69) is 55.8 Å². The van der Waals surface area contributed by atoms with Crippen LogP contribution in [0.3, 0.4) is 0 Å². The Bertz CT molecular complexity index is 584. The van der Waals surface area contributed by atoms with Crippen LogP contribution in [-0.2, 0) is 4.74 Å². The average molecular weight is 354 g/mol. The summed E-state index contributed by atoms with van der Waals surface area (Å²) in [6.07, 6.45) is 0.0235. The molecule has 0 spiro atoms. The molecule has 108 valence electrons. The Balaban J connectivity index is 2.41. The van der Waals surface area contributed by atoms with Gasteiger partial charge in [-0.25, -0.2) is 4.98 Å². The molecule has 0 radical (unpaired) electrons. The van der Waals surface area contributed by atoms with E-state index in [4.69, 9.17) is 9.72 Å². The highest BCUT2D eigenvalue weighted by Gasteiger charge is 2.29. The predicted molar refractivity (Wildman–Crippen MR) is 89.2 cm³/mol. The van der Waals surface area contributed by atoms with E-state index in [1.807, 2.05) is 12.1 Å². The first kappa shape index (κ1) is 15.7. The van der Waals surface area contributed by atoms with Crippen LogP contribution in [0.25, 0.3) is 11.3 Å². The minimum atomic E-state index is 0.0235. The number of thiazole rings is 1. The Morgan fingerprint density at radius 3 is 2.30 bits per heavy atom. The zero-order valence-electron chi connectivity index (χ0n) is 12.5. The smallest absolute Gasteiger partial charge is 0.123 e. The average Bonchev–Trinajstić information content (AvgIpc) is 2.71. The molecule has 1 heterocycles. The van der Waals surface area contributed by atoms with Crippen LogP contribution in [0.5, 0.6) is 0 Å². The van der Waals surface area contributed by atoms with E-state index in [1.165, 1.54) is 4.88 Å². The fourth-order valence-electron chi connectivity index (χ4n) is 2.23. The Labute approximate surface area is 133 Å². The van der Waals surface area contributed by atoms with Crippen molar-refractivity contribution in [1.82, 2.24) is 4.98 Å². The number of aryl methyl sites for hydroxylation is 1. The summed E-state index contributed by atoms with van der Waals surface area (Å²) < 4.78 is 6.75. The summed E-state index contributed by atoms with van der Waals surface area (Å²) in [7, 11) is 1.76. The molecule has 2 rings (SSSR count). The Morgan fingerprint density at radius 2 is 1.80 bits per heavy atom. The molecule has 0 aliphatic carbocycles. The van der Waals surface area contributed by atoms with Crippen LogP contribution in [0.4, 0.5) is 0 Å². The minimum Gasteiger partial charge on any atom is -0.374 e. The number of rotatable bonds is 3. The monoisotopic (exact) mass is 353 g/mol. The molecule has 0 fully saturated rings. The molecular weight excluding hydrogens is 334 g/mol. The van der Waals surface area contributed by atoms with Gasteiger partial charge in [0, 0.05) is 22.0 Å². The highest BCUT2D eigenvalue weighted by molar-refractivity contribution is 9.10. The van der Waals surface area contributed by atoms with Crippen molar-refractivity contribution in [2.75, 3.05) is 7.11 Å². The van der Waals surface area contributed by atoms with Crippen molar-refractivity contribution in [2.45, 2.75) is 33.8 Å². The summed E-state index contributed by atoms with van der Waals surface area (Å²) in [5.74, 6) is 0. The van der Waals surface area contributed by atoms with E-state index in [1.54, 1.807) is 18.4 Å². The molecule has 0 aliphatic rings. The molecule has 0 bridgehead atoms. The van der Waals surface area contributed by atoms with Crippen LogP contribution in [0, 0.1) is 12.3 Å². The largest absolute Gasteiger partial charge is 0.374 e. The number of nitrogens with zero attached hydrogens (tertiary/aromatic N) is 1. The summed E-state index contributed by atoms with van der Waals surface area (Å²) in [6, 6.07) is 8.28. The Morgan fingerprint density at radius 1 is 1.20 bits per heavy atom. The van der Waals surface area contributed by atoms with E-state index >= 15 is 0 Å².